The third-order valence-corrected chi connectivity index (χ3v) is 2.70. The Morgan fingerprint density at radius 3 is 2.35 bits per heavy atom. The first-order chi connectivity index (χ1) is 7.49. The van der Waals surface area contributed by atoms with Crippen LogP contribution >= 0.6 is 28.3 Å². The second-order valence-corrected chi connectivity index (χ2v) is 5.15. The Kier molecular flexibility index (Phi) is 7.43. The highest BCUT2D eigenvalue weighted by Crippen LogP contribution is 2.14. The Hall–Kier alpha value is -0.580. The topological polar surface area (TPSA) is 55.1 Å². The number of anilines is 1. The van der Waals surface area contributed by atoms with Gasteiger partial charge in [0.2, 0.25) is 5.91 Å². The van der Waals surface area contributed by atoms with Crippen LogP contribution in [-0.4, -0.2) is 11.9 Å². The van der Waals surface area contributed by atoms with Crippen molar-refractivity contribution in [1.29, 1.82) is 0 Å². The summed E-state index contributed by atoms with van der Waals surface area (Å²) in [6.45, 7) is 4.10. The Bertz CT molecular complexity index is 354. The van der Waals surface area contributed by atoms with Crippen molar-refractivity contribution >= 4 is 39.9 Å². The number of carbonyl (C=O) groups excluding carboxylic acids is 1. The molecule has 0 aliphatic carbocycles. The SMILES string of the molecule is CC(C)C[C@H](N)C(=O)Nc1ccc(Br)cc1.Cl. The number of carbonyl (C=O) groups is 1. The van der Waals surface area contributed by atoms with Crippen LogP contribution in [0, 0.1) is 5.92 Å². The highest BCUT2D eigenvalue weighted by molar-refractivity contribution is 9.10. The fourth-order valence-corrected chi connectivity index (χ4v) is 1.65. The highest BCUT2D eigenvalue weighted by atomic mass is 79.9. The van der Waals surface area contributed by atoms with Gasteiger partial charge in [0.05, 0.1) is 6.04 Å². The zero-order chi connectivity index (χ0) is 12.1. The number of hydrogen-bond donors (Lipinski definition) is 2. The average molecular weight is 322 g/mol. The summed E-state index contributed by atoms with van der Waals surface area (Å²) in [4.78, 5) is 11.7. The van der Waals surface area contributed by atoms with Gasteiger partial charge in [-0.15, -0.1) is 12.4 Å². The van der Waals surface area contributed by atoms with Gasteiger partial charge in [-0.1, -0.05) is 29.8 Å². The lowest BCUT2D eigenvalue weighted by Crippen LogP contribution is -2.36. The average Bonchev–Trinajstić information content (AvgIpc) is 2.20. The molecule has 17 heavy (non-hydrogen) atoms. The molecule has 0 heterocycles. The van der Waals surface area contributed by atoms with E-state index in [1.807, 2.05) is 38.1 Å². The van der Waals surface area contributed by atoms with Gasteiger partial charge in [-0.3, -0.25) is 4.79 Å². The number of benzene rings is 1. The second kappa shape index (κ2) is 7.69. The van der Waals surface area contributed by atoms with Crippen molar-refractivity contribution in [3.05, 3.63) is 28.7 Å². The van der Waals surface area contributed by atoms with Gasteiger partial charge in [-0.05, 0) is 36.6 Å². The molecule has 96 valence electrons. The van der Waals surface area contributed by atoms with E-state index in [4.69, 9.17) is 5.73 Å². The number of halogens is 2. The summed E-state index contributed by atoms with van der Waals surface area (Å²) >= 11 is 3.34. The maximum atomic E-state index is 11.7. The zero-order valence-electron chi connectivity index (χ0n) is 9.94. The summed E-state index contributed by atoms with van der Waals surface area (Å²) in [5.41, 5.74) is 6.55. The van der Waals surface area contributed by atoms with Gasteiger partial charge >= 0.3 is 0 Å². The first-order valence-electron chi connectivity index (χ1n) is 5.31. The molecule has 5 heteroatoms. The van der Waals surface area contributed by atoms with Gasteiger partial charge in [0.1, 0.15) is 0 Å². The lowest BCUT2D eigenvalue weighted by Gasteiger charge is -2.14. The Balaban J connectivity index is 0.00000256. The van der Waals surface area contributed by atoms with E-state index < -0.39 is 6.04 Å². The number of hydrogen-bond acceptors (Lipinski definition) is 2. The van der Waals surface area contributed by atoms with Crippen molar-refractivity contribution in [2.24, 2.45) is 11.7 Å². The van der Waals surface area contributed by atoms with Gasteiger partial charge in [-0.2, -0.15) is 0 Å². The molecule has 0 aromatic heterocycles. The van der Waals surface area contributed by atoms with Crippen LogP contribution in [0.1, 0.15) is 20.3 Å². The van der Waals surface area contributed by atoms with E-state index in [0.29, 0.717) is 12.3 Å². The molecule has 0 radical (unpaired) electrons. The number of amides is 1. The molecule has 1 amide bonds. The van der Waals surface area contributed by atoms with E-state index in [2.05, 4.69) is 21.2 Å². The van der Waals surface area contributed by atoms with Crippen molar-refractivity contribution in [1.82, 2.24) is 0 Å². The summed E-state index contributed by atoms with van der Waals surface area (Å²) in [6.07, 6.45) is 0.697. The Labute approximate surface area is 117 Å². The van der Waals surface area contributed by atoms with Crippen molar-refractivity contribution < 1.29 is 4.79 Å². The van der Waals surface area contributed by atoms with Crippen LogP contribution in [0.3, 0.4) is 0 Å². The molecule has 1 rings (SSSR count). The predicted octanol–water partition coefficient (Wildman–Crippen LogP) is 3.18. The van der Waals surface area contributed by atoms with Crippen LogP contribution in [0.15, 0.2) is 28.7 Å². The van der Waals surface area contributed by atoms with Gasteiger partial charge in [-0.25, -0.2) is 0 Å². The smallest absolute Gasteiger partial charge is 0.241 e. The molecule has 0 saturated heterocycles. The minimum atomic E-state index is -0.441. The summed E-state index contributed by atoms with van der Waals surface area (Å²) in [6, 6.07) is 6.99. The second-order valence-electron chi connectivity index (χ2n) is 4.23. The quantitative estimate of drug-likeness (QED) is 0.895. The minimum absolute atomic E-state index is 0. The summed E-state index contributed by atoms with van der Waals surface area (Å²) < 4.78 is 0.983. The molecule has 0 spiro atoms. The fraction of sp³-hybridized carbons (Fsp3) is 0.417. The minimum Gasteiger partial charge on any atom is -0.325 e. The van der Waals surface area contributed by atoms with Gasteiger partial charge in [0.15, 0.2) is 0 Å². The van der Waals surface area contributed by atoms with Gasteiger partial charge in [0.25, 0.3) is 0 Å². The number of nitrogens with one attached hydrogen (secondary N) is 1. The van der Waals surface area contributed by atoms with E-state index in [1.54, 1.807) is 0 Å². The van der Waals surface area contributed by atoms with E-state index in [-0.39, 0.29) is 18.3 Å². The van der Waals surface area contributed by atoms with Crippen molar-refractivity contribution in [3.63, 3.8) is 0 Å². The first-order valence-corrected chi connectivity index (χ1v) is 6.10. The third kappa shape index (κ3) is 6.05. The molecule has 0 aliphatic rings. The molecule has 0 unspecified atom stereocenters. The molecule has 0 aliphatic heterocycles. The van der Waals surface area contributed by atoms with Gasteiger partial charge < -0.3 is 11.1 Å². The van der Waals surface area contributed by atoms with E-state index in [0.717, 1.165) is 10.2 Å². The van der Waals surface area contributed by atoms with Crippen LogP contribution in [0.5, 0.6) is 0 Å². The molecule has 0 fully saturated rings. The lowest BCUT2D eigenvalue weighted by molar-refractivity contribution is -0.117. The summed E-state index contributed by atoms with van der Waals surface area (Å²) in [5.74, 6) is 0.293. The lowest BCUT2D eigenvalue weighted by atomic mass is 10.0. The molecule has 1 aromatic rings. The molecule has 1 aromatic carbocycles. The maximum absolute atomic E-state index is 11.7. The van der Waals surface area contributed by atoms with Crippen LogP contribution in [-0.2, 0) is 4.79 Å². The van der Waals surface area contributed by atoms with Crippen LogP contribution in [0.2, 0.25) is 0 Å². The van der Waals surface area contributed by atoms with Crippen molar-refractivity contribution in [3.8, 4) is 0 Å². The summed E-state index contributed by atoms with van der Waals surface area (Å²) in [5, 5.41) is 2.79. The molecule has 0 bridgehead atoms. The molecule has 3 nitrogen and oxygen atoms in total. The largest absolute Gasteiger partial charge is 0.325 e. The van der Waals surface area contributed by atoms with Crippen LogP contribution in [0.4, 0.5) is 5.69 Å². The summed E-state index contributed by atoms with van der Waals surface area (Å²) in [7, 11) is 0. The third-order valence-electron chi connectivity index (χ3n) is 2.17. The normalized spacial score (nSPS) is 11.8. The van der Waals surface area contributed by atoms with E-state index in [1.165, 1.54) is 0 Å². The number of nitrogens with two attached hydrogens (primary N) is 1. The van der Waals surface area contributed by atoms with E-state index >= 15 is 0 Å². The molecular formula is C12H18BrClN2O. The molecular weight excluding hydrogens is 304 g/mol. The Morgan fingerprint density at radius 2 is 1.88 bits per heavy atom. The van der Waals surface area contributed by atoms with E-state index in [9.17, 15) is 4.79 Å². The molecule has 1 atom stereocenters. The zero-order valence-corrected chi connectivity index (χ0v) is 12.3. The number of rotatable bonds is 4. The first kappa shape index (κ1) is 16.4. The van der Waals surface area contributed by atoms with Crippen molar-refractivity contribution in [2.45, 2.75) is 26.3 Å². The molecule has 0 saturated carbocycles. The van der Waals surface area contributed by atoms with Gasteiger partial charge in [0, 0.05) is 10.2 Å². The highest BCUT2D eigenvalue weighted by Gasteiger charge is 2.14. The monoisotopic (exact) mass is 320 g/mol. The van der Waals surface area contributed by atoms with Crippen LogP contribution < -0.4 is 11.1 Å². The molecule has 3 N–H and O–H groups in total. The predicted molar refractivity (Wildman–Crippen MR) is 77.5 cm³/mol. The maximum Gasteiger partial charge on any atom is 0.241 e. The Morgan fingerprint density at radius 1 is 1.35 bits per heavy atom. The standard InChI is InChI=1S/C12H17BrN2O.ClH/c1-8(2)7-11(14)12(16)15-10-5-3-9(13)4-6-10;/h3-6,8,11H,7,14H2,1-2H3,(H,15,16);1H/t11-;/m0./s1. The van der Waals surface area contributed by atoms with Crippen LogP contribution in [0.25, 0.3) is 0 Å². The van der Waals surface area contributed by atoms with Crippen molar-refractivity contribution in [2.75, 3.05) is 5.32 Å². The fourth-order valence-electron chi connectivity index (χ4n) is 1.38.